The first-order valence-electron chi connectivity index (χ1n) is 6.50. The van der Waals surface area contributed by atoms with Gasteiger partial charge in [0.15, 0.2) is 0 Å². The minimum Gasteiger partial charge on any atom is -0.372 e. The third kappa shape index (κ3) is 3.16. The molecule has 1 atom stereocenters. The fraction of sp³-hybridized carbons (Fsp3) is 0.667. The van der Waals surface area contributed by atoms with Gasteiger partial charge in [-0.25, -0.2) is 15.0 Å². The van der Waals surface area contributed by atoms with Gasteiger partial charge in [-0.05, 0) is 25.3 Å². The molecule has 0 amide bonds. The van der Waals surface area contributed by atoms with Gasteiger partial charge in [0.25, 0.3) is 0 Å². The molecule has 1 aliphatic carbocycles. The van der Waals surface area contributed by atoms with Crippen LogP contribution in [0.4, 0.5) is 5.95 Å². The third-order valence-corrected chi connectivity index (χ3v) is 3.19. The number of hydrogen-bond donors (Lipinski definition) is 2. The Bertz CT molecular complexity index is 409. The Labute approximate surface area is 107 Å². The number of hydrogen-bond acceptors (Lipinski definition) is 6. The number of ether oxygens (including phenoxy) is 1. The van der Waals surface area contributed by atoms with Crippen LogP contribution in [0.25, 0.3) is 0 Å². The Morgan fingerprint density at radius 1 is 1.44 bits per heavy atom. The van der Waals surface area contributed by atoms with Crippen molar-refractivity contribution in [3.05, 3.63) is 18.0 Å². The van der Waals surface area contributed by atoms with Crippen LogP contribution in [0.3, 0.4) is 0 Å². The second-order valence-electron chi connectivity index (χ2n) is 4.99. The lowest BCUT2D eigenvalue weighted by Gasteiger charge is -2.16. The molecule has 98 valence electrons. The maximum Gasteiger partial charge on any atom is 0.237 e. The lowest BCUT2D eigenvalue weighted by Crippen LogP contribution is -2.31. The molecule has 2 fully saturated rings. The first-order chi connectivity index (χ1) is 8.79. The predicted molar refractivity (Wildman–Crippen MR) is 67.6 cm³/mol. The topological polar surface area (TPSA) is 76.3 Å². The Kier molecular flexibility index (Phi) is 3.40. The first kappa shape index (κ1) is 11.8. The molecule has 0 unspecified atom stereocenters. The molecular formula is C12H19N5O. The summed E-state index contributed by atoms with van der Waals surface area (Å²) in [5, 5.41) is 2.06. The van der Waals surface area contributed by atoms with Gasteiger partial charge in [0.2, 0.25) is 5.95 Å². The number of rotatable bonds is 5. The summed E-state index contributed by atoms with van der Waals surface area (Å²) in [6.07, 6.45) is 5.59. The van der Waals surface area contributed by atoms with Crippen molar-refractivity contribution in [3.63, 3.8) is 0 Å². The van der Waals surface area contributed by atoms with E-state index in [0.29, 0.717) is 18.7 Å². The van der Waals surface area contributed by atoms with Crippen molar-refractivity contribution in [1.29, 1.82) is 0 Å². The average Bonchev–Trinajstić information content (AvgIpc) is 3.11. The minimum atomic E-state index is 0.249. The molecule has 3 N–H and O–H groups in total. The molecule has 1 aromatic heterocycles. The van der Waals surface area contributed by atoms with Crippen LogP contribution >= 0.6 is 0 Å². The Hall–Kier alpha value is -1.24. The van der Waals surface area contributed by atoms with Crippen LogP contribution in [0.15, 0.2) is 12.3 Å². The van der Waals surface area contributed by atoms with Crippen molar-refractivity contribution in [3.8, 4) is 0 Å². The quantitative estimate of drug-likeness (QED) is 0.792. The van der Waals surface area contributed by atoms with Crippen LogP contribution < -0.4 is 11.2 Å². The monoisotopic (exact) mass is 249 g/mol. The number of hydrazine groups is 1. The molecule has 18 heavy (non-hydrogen) atoms. The molecule has 3 rings (SSSR count). The highest BCUT2D eigenvalue weighted by Crippen LogP contribution is 2.24. The van der Waals surface area contributed by atoms with E-state index in [1.807, 2.05) is 6.07 Å². The molecule has 0 spiro atoms. The number of nitrogens with two attached hydrogens (primary N) is 1. The molecule has 6 nitrogen and oxygen atoms in total. The first-order valence-corrected chi connectivity index (χ1v) is 6.50. The van der Waals surface area contributed by atoms with Gasteiger partial charge >= 0.3 is 0 Å². The van der Waals surface area contributed by atoms with E-state index in [2.05, 4.69) is 20.4 Å². The van der Waals surface area contributed by atoms with Crippen LogP contribution in [0.5, 0.6) is 0 Å². The molecule has 1 saturated heterocycles. The van der Waals surface area contributed by atoms with Crippen molar-refractivity contribution in [2.75, 3.05) is 18.5 Å². The zero-order valence-electron chi connectivity index (χ0n) is 10.4. The summed E-state index contributed by atoms with van der Waals surface area (Å²) in [4.78, 5) is 8.64. The van der Waals surface area contributed by atoms with E-state index in [1.165, 1.54) is 12.8 Å². The van der Waals surface area contributed by atoms with Gasteiger partial charge in [-0.3, -0.25) is 5.43 Å². The van der Waals surface area contributed by atoms with Crippen LogP contribution in [0.2, 0.25) is 0 Å². The maximum absolute atomic E-state index is 5.85. The van der Waals surface area contributed by atoms with Crippen molar-refractivity contribution >= 4 is 5.95 Å². The number of anilines is 1. The number of aromatic nitrogens is 2. The molecule has 0 radical (unpaired) electrons. The highest BCUT2D eigenvalue weighted by molar-refractivity contribution is 5.23. The number of nitrogens with zero attached hydrogens (tertiary/aromatic N) is 3. The van der Waals surface area contributed by atoms with E-state index >= 15 is 0 Å². The molecule has 6 heteroatoms. The lowest BCUT2D eigenvalue weighted by molar-refractivity contribution is 0.103. The van der Waals surface area contributed by atoms with Crippen molar-refractivity contribution < 1.29 is 4.74 Å². The van der Waals surface area contributed by atoms with E-state index < -0.39 is 0 Å². The average molecular weight is 249 g/mol. The maximum atomic E-state index is 5.85. The van der Waals surface area contributed by atoms with E-state index in [0.717, 1.165) is 25.2 Å². The number of nitrogens with one attached hydrogen (secondary N) is 1. The predicted octanol–water partition coefficient (Wildman–Crippen LogP) is 0.515. The van der Waals surface area contributed by atoms with Gasteiger partial charge in [-0.2, -0.15) is 0 Å². The minimum absolute atomic E-state index is 0.249. The molecule has 1 saturated carbocycles. The molecule has 1 aromatic rings. The smallest absolute Gasteiger partial charge is 0.237 e. The zero-order valence-corrected chi connectivity index (χ0v) is 10.4. The van der Waals surface area contributed by atoms with E-state index in [-0.39, 0.29) is 6.04 Å². The fourth-order valence-electron chi connectivity index (χ4n) is 2.00. The van der Waals surface area contributed by atoms with Crippen LogP contribution in [-0.4, -0.2) is 40.2 Å². The van der Waals surface area contributed by atoms with Gasteiger partial charge in [-0.1, -0.05) is 0 Å². The highest BCUT2D eigenvalue weighted by atomic mass is 16.5. The Balaban J connectivity index is 1.55. The summed E-state index contributed by atoms with van der Waals surface area (Å²) in [5.74, 6) is 0.626. The standard InChI is InChI=1S/C12H19N5O/c13-9-4-6-17(7-9)16-12-14-5-3-10(15-12)8-18-11-1-2-11/h3,5,9,11H,1-2,4,6-8,13H2,(H,14,15,16)/t9-/m1/s1. The van der Waals surface area contributed by atoms with Crippen LogP contribution in [0.1, 0.15) is 25.0 Å². The zero-order chi connectivity index (χ0) is 12.4. The van der Waals surface area contributed by atoms with Crippen LogP contribution in [0, 0.1) is 0 Å². The largest absolute Gasteiger partial charge is 0.372 e. The summed E-state index contributed by atoms with van der Waals surface area (Å²) in [6.45, 7) is 2.35. The second-order valence-corrected chi connectivity index (χ2v) is 4.99. The molecule has 2 heterocycles. The summed E-state index contributed by atoms with van der Waals surface area (Å²) >= 11 is 0. The SMILES string of the molecule is N[C@@H]1CCN(Nc2nccc(COC3CC3)n2)C1. The van der Waals surface area contributed by atoms with Gasteiger partial charge in [0, 0.05) is 25.3 Å². The third-order valence-electron chi connectivity index (χ3n) is 3.19. The summed E-state index contributed by atoms with van der Waals surface area (Å²) in [6, 6.07) is 2.14. The van der Waals surface area contributed by atoms with Gasteiger partial charge in [-0.15, -0.1) is 0 Å². The molecular weight excluding hydrogens is 230 g/mol. The normalized spacial score (nSPS) is 24.4. The molecule has 1 aliphatic heterocycles. The lowest BCUT2D eigenvalue weighted by atomic mass is 10.3. The van der Waals surface area contributed by atoms with E-state index in [4.69, 9.17) is 10.5 Å². The van der Waals surface area contributed by atoms with E-state index in [9.17, 15) is 0 Å². The summed E-state index contributed by atoms with van der Waals surface area (Å²) in [7, 11) is 0. The van der Waals surface area contributed by atoms with Crippen molar-refractivity contribution in [2.24, 2.45) is 5.73 Å². The second kappa shape index (κ2) is 5.17. The van der Waals surface area contributed by atoms with Gasteiger partial charge in [0.05, 0.1) is 18.4 Å². The highest BCUT2D eigenvalue weighted by Gasteiger charge is 2.22. The summed E-state index contributed by atoms with van der Waals surface area (Å²) < 4.78 is 5.63. The van der Waals surface area contributed by atoms with Crippen LogP contribution in [-0.2, 0) is 11.3 Å². The Morgan fingerprint density at radius 2 is 2.33 bits per heavy atom. The molecule has 2 aliphatic rings. The van der Waals surface area contributed by atoms with Crippen molar-refractivity contribution in [2.45, 2.75) is 38.0 Å². The molecule has 0 bridgehead atoms. The van der Waals surface area contributed by atoms with Gasteiger partial charge in [0.1, 0.15) is 0 Å². The Morgan fingerprint density at radius 3 is 3.06 bits per heavy atom. The van der Waals surface area contributed by atoms with Crippen molar-refractivity contribution in [1.82, 2.24) is 15.0 Å². The van der Waals surface area contributed by atoms with Gasteiger partial charge < -0.3 is 10.5 Å². The fourth-order valence-corrected chi connectivity index (χ4v) is 2.00. The summed E-state index contributed by atoms with van der Waals surface area (Å²) in [5.41, 5.74) is 9.96. The molecule has 0 aromatic carbocycles. The van der Waals surface area contributed by atoms with E-state index in [1.54, 1.807) is 6.20 Å².